The van der Waals surface area contributed by atoms with Crippen molar-refractivity contribution in [1.29, 1.82) is 0 Å². The molecule has 0 aliphatic carbocycles. The normalized spacial score (nSPS) is 10.3. The summed E-state index contributed by atoms with van der Waals surface area (Å²) in [6, 6.07) is 18.5. The zero-order valence-electron chi connectivity index (χ0n) is 14.9. The van der Waals surface area contributed by atoms with Gasteiger partial charge in [0.05, 0.1) is 7.11 Å². The van der Waals surface area contributed by atoms with Gasteiger partial charge in [0, 0.05) is 24.1 Å². The topological polar surface area (TPSA) is 67.3 Å². The number of anilines is 3. The van der Waals surface area contributed by atoms with E-state index in [4.69, 9.17) is 4.74 Å². The van der Waals surface area contributed by atoms with Crippen LogP contribution < -0.4 is 15.0 Å². The molecule has 0 unspecified atom stereocenters. The quantitative estimate of drug-likeness (QED) is 0.759. The molecule has 1 heterocycles. The molecule has 1 aromatic heterocycles. The number of carbonyl (C=O) groups excluding carboxylic acids is 1. The van der Waals surface area contributed by atoms with Crippen molar-refractivity contribution in [3.05, 3.63) is 72.1 Å². The number of para-hydroxylation sites is 1. The van der Waals surface area contributed by atoms with Gasteiger partial charge in [-0.05, 0) is 49.4 Å². The highest BCUT2D eigenvalue weighted by molar-refractivity contribution is 6.04. The van der Waals surface area contributed by atoms with Crippen LogP contribution in [0.5, 0.6) is 5.75 Å². The molecule has 1 amide bonds. The Labute approximate surface area is 152 Å². The highest BCUT2D eigenvalue weighted by Gasteiger charge is 2.16. The molecule has 1 N–H and O–H groups in total. The predicted molar refractivity (Wildman–Crippen MR) is 102 cm³/mol. The second-order valence-electron chi connectivity index (χ2n) is 5.77. The first-order valence-corrected chi connectivity index (χ1v) is 8.16. The molecule has 0 aliphatic heterocycles. The number of hydrogen-bond acceptors (Lipinski definition) is 5. The first-order valence-electron chi connectivity index (χ1n) is 8.16. The number of nitrogens with zero attached hydrogens (tertiary/aromatic N) is 3. The maximum Gasteiger partial charge on any atom is 0.276 e. The lowest BCUT2D eigenvalue weighted by Gasteiger charge is -2.17. The number of rotatable bonds is 5. The van der Waals surface area contributed by atoms with E-state index in [0.29, 0.717) is 17.3 Å². The van der Waals surface area contributed by atoms with Crippen LogP contribution in [0.4, 0.5) is 17.3 Å². The Hall–Kier alpha value is -3.41. The van der Waals surface area contributed by atoms with Gasteiger partial charge in [0.2, 0.25) is 5.95 Å². The van der Waals surface area contributed by atoms with Crippen molar-refractivity contribution in [1.82, 2.24) is 9.97 Å². The molecular formula is C20H20N4O2. The standard InChI is InChI=1S/C20H20N4O2/c1-14-13-18(19(25)24(2)16-7-5-4-6-8-16)23-20(21-14)22-15-9-11-17(26-3)12-10-15/h4-13H,1-3H3,(H,21,22,23). The van der Waals surface area contributed by atoms with Gasteiger partial charge >= 0.3 is 0 Å². The van der Waals surface area contributed by atoms with Crippen LogP contribution >= 0.6 is 0 Å². The van der Waals surface area contributed by atoms with Crippen LogP contribution in [0, 0.1) is 6.92 Å². The molecule has 0 radical (unpaired) electrons. The zero-order chi connectivity index (χ0) is 18.5. The van der Waals surface area contributed by atoms with Crippen LogP contribution in [-0.4, -0.2) is 30.0 Å². The fourth-order valence-corrected chi connectivity index (χ4v) is 2.48. The summed E-state index contributed by atoms with van der Waals surface area (Å²) in [6.07, 6.45) is 0. The molecule has 0 saturated carbocycles. The smallest absolute Gasteiger partial charge is 0.276 e. The van der Waals surface area contributed by atoms with Gasteiger partial charge in [-0.25, -0.2) is 9.97 Å². The first-order chi connectivity index (χ1) is 12.6. The minimum absolute atomic E-state index is 0.195. The van der Waals surface area contributed by atoms with Gasteiger partial charge in [0.15, 0.2) is 0 Å². The second-order valence-corrected chi connectivity index (χ2v) is 5.77. The second kappa shape index (κ2) is 7.65. The molecule has 26 heavy (non-hydrogen) atoms. The fraction of sp³-hybridized carbons (Fsp3) is 0.150. The number of methoxy groups -OCH3 is 1. The largest absolute Gasteiger partial charge is 0.497 e. The third kappa shape index (κ3) is 3.97. The molecular weight excluding hydrogens is 328 g/mol. The Morgan fingerprint density at radius 1 is 1.04 bits per heavy atom. The maximum atomic E-state index is 12.8. The number of ether oxygens (including phenoxy) is 1. The Morgan fingerprint density at radius 2 is 1.73 bits per heavy atom. The zero-order valence-corrected chi connectivity index (χ0v) is 14.9. The van der Waals surface area contributed by atoms with Gasteiger partial charge in [0.1, 0.15) is 11.4 Å². The van der Waals surface area contributed by atoms with E-state index in [2.05, 4.69) is 15.3 Å². The van der Waals surface area contributed by atoms with Crippen LogP contribution in [0.15, 0.2) is 60.7 Å². The van der Waals surface area contributed by atoms with Gasteiger partial charge in [-0.2, -0.15) is 0 Å². The van der Waals surface area contributed by atoms with Crippen LogP contribution in [0.2, 0.25) is 0 Å². The van der Waals surface area contributed by atoms with Gasteiger partial charge < -0.3 is 15.0 Å². The predicted octanol–water partition coefficient (Wildman–Crippen LogP) is 3.81. The molecule has 0 fully saturated rings. The number of carbonyl (C=O) groups is 1. The Balaban J connectivity index is 1.83. The molecule has 0 aliphatic rings. The molecule has 0 saturated heterocycles. The number of aryl methyl sites for hydroxylation is 1. The van der Waals surface area contributed by atoms with Crippen molar-refractivity contribution >= 4 is 23.2 Å². The third-order valence-electron chi connectivity index (χ3n) is 3.87. The van der Waals surface area contributed by atoms with Crippen molar-refractivity contribution < 1.29 is 9.53 Å². The van der Waals surface area contributed by atoms with E-state index in [0.717, 1.165) is 17.1 Å². The lowest BCUT2D eigenvalue weighted by atomic mass is 10.2. The summed E-state index contributed by atoms with van der Waals surface area (Å²) in [5.74, 6) is 0.945. The summed E-state index contributed by atoms with van der Waals surface area (Å²) in [7, 11) is 3.35. The van der Waals surface area contributed by atoms with Crippen LogP contribution in [0.3, 0.4) is 0 Å². The van der Waals surface area contributed by atoms with Crippen LogP contribution in [-0.2, 0) is 0 Å². The van der Waals surface area contributed by atoms with E-state index < -0.39 is 0 Å². The molecule has 2 aromatic carbocycles. The average Bonchev–Trinajstić information content (AvgIpc) is 2.67. The lowest BCUT2D eigenvalue weighted by molar-refractivity contribution is 0.0988. The molecule has 0 spiro atoms. The highest BCUT2D eigenvalue weighted by Crippen LogP contribution is 2.19. The highest BCUT2D eigenvalue weighted by atomic mass is 16.5. The van der Waals surface area contributed by atoms with Crippen LogP contribution in [0.25, 0.3) is 0 Å². The van der Waals surface area contributed by atoms with Crippen LogP contribution in [0.1, 0.15) is 16.2 Å². The summed E-state index contributed by atoms with van der Waals surface area (Å²) in [4.78, 5) is 23.1. The minimum atomic E-state index is -0.195. The van der Waals surface area contributed by atoms with E-state index in [1.807, 2.05) is 61.5 Å². The average molecular weight is 348 g/mol. The van der Waals surface area contributed by atoms with Crippen molar-refractivity contribution in [2.24, 2.45) is 0 Å². The Kier molecular flexibility index (Phi) is 5.12. The monoisotopic (exact) mass is 348 g/mol. The fourth-order valence-electron chi connectivity index (χ4n) is 2.48. The molecule has 132 valence electrons. The summed E-state index contributed by atoms with van der Waals surface area (Å²) >= 11 is 0. The number of aromatic nitrogens is 2. The maximum absolute atomic E-state index is 12.8. The molecule has 0 atom stereocenters. The van der Waals surface area contributed by atoms with E-state index in [-0.39, 0.29) is 5.91 Å². The number of amides is 1. The van der Waals surface area contributed by atoms with Gasteiger partial charge in [0.25, 0.3) is 5.91 Å². The van der Waals surface area contributed by atoms with E-state index in [1.54, 1.807) is 25.1 Å². The van der Waals surface area contributed by atoms with Crippen molar-refractivity contribution in [3.8, 4) is 5.75 Å². The summed E-state index contributed by atoms with van der Waals surface area (Å²) in [5.41, 5.74) is 2.66. The van der Waals surface area contributed by atoms with E-state index in [1.165, 1.54) is 0 Å². The first kappa shape index (κ1) is 17.4. The van der Waals surface area contributed by atoms with Gasteiger partial charge in [-0.3, -0.25) is 4.79 Å². The lowest BCUT2D eigenvalue weighted by Crippen LogP contribution is -2.27. The van der Waals surface area contributed by atoms with Crippen molar-refractivity contribution in [2.75, 3.05) is 24.4 Å². The summed E-state index contributed by atoms with van der Waals surface area (Å²) in [6.45, 7) is 1.83. The minimum Gasteiger partial charge on any atom is -0.497 e. The van der Waals surface area contributed by atoms with Crippen molar-refractivity contribution in [2.45, 2.75) is 6.92 Å². The molecule has 3 aromatic rings. The Bertz CT molecular complexity index is 895. The van der Waals surface area contributed by atoms with Gasteiger partial charge in [-0.1, -0.05) is 18.2 Å². The van der Waals surface area contributed by atoms with E-state index >= 15 is 0 Å². The number of hydrogen-bond donors (Lipinski definition) is 1. The summed E-state index contributed by atoms with van der Waals surface area (Å²) < 4.78 is 5.15. The van der Waals surface area contributed by atoms with E-state index in [9.17, 15) is 4.79 Å². The molecule has 6 heteroatoms. The molecule has 6 nitrogen and oxygen atoms in total. The number of nitrogens with one attached hydrogen (secondary N) is 1. The number of benzene rings is 2. The van der Waals surface area contributed by atoms with Crippen molar-refractivity contribution in [3.63, 3.8) is 0 Å². The summed E-state index contributed by atoms with van der Waals surface area (Å²) in [5, 5.41) is 3.12. The Morgan fingerprint density at radius 3 is 2.38 bits per heavy atom. The third-order valence-corrected chi connectivity index (χ3v) is 3.87. The van der Waals surface area contributed by atoms with Gasteiger partial charge in [-0.15, -0.1) is 0 Å². The molecule has 3 rings (SSSR count). The SMILES string of the molecule is COc1ccc(Nc2nc(C)cc(C(=O)N(C)c3ccccc3)n2)cc1. The molecule has 0 bridgehead atoms.